The van der Waals surface area contributed by atoms with Crippen molar-refractivity contribution in [1.29, 1.82) is 0 Å². The molecule has 1 heterocycles. The molecule has 0 radical (unpaired) electrons. The van der Waals surface area contributed by atoms with Gasteiger partial charge in [0.05, 0.1) is 0 Å². The third-order valence-corrected chi connectivity index (χ3v) is 5.29. The van der Waals surface area contributed by atoms with Gasteiger partial charge in [0, 0.05) is 18.1 Å². The van der Waals surface area contributed by atoms with Gasteiger partial charge >= 0.3 is 0 Å². The minimum Gasteiger partial charge on any atom is -0.310 e. The molecule has 0 aromatic rings. The summed E-state index contributed by atoms with van der Waals surface area (Å²) in [6.07, 6.45) is 14.0. The Hall–Kier alpha value is -0.0800. The Labute approximate surface area is 120 Å². The normalized spacial score (nSPS) is 25.6. The summed E-state index contributed by atoms with van der Waals surface area (Å²) in [4.78, 5) is 2.79. The standard InChI is InChI=1S/C17H34N2/c1-3-4-5-6-10-16(2)19-14-9-13-18-17(15-19)11-7-8-12-17/h16,18H,3-15H2,1-2H3. The van der Waals surface area contributed by atoms with Crippen LogP contribution in [0.15, 0.2) is 0 Å². The summed E-state index contributed by atoms with van der Waals surface area (Å²) in [6, 6.07) is 0.786. The van der Waals surface area contributed by atoms with Crippen molar-refractivity contribution >= 4 is 0 Å². The summed E-state index contributed by atoms with van der Waals surface area (Å²) in [7, 11) is 0. The summed E-state index contributed by atoms with van der Waals surface area (Å²) in [5.74, 6) is 0. The third-order valence-electron chi connectivity index (χ3n) is 5.29. The van der Waals surface area contributed by atoms with E-state index in [0.717, 1.165) is 6.04 Å². The van der Waals surface area contributed by atoms with Crippen LogP contribution >= 0.6 is 0 Å². The van der Waals surface area contributed by atoms with Crippen LogP contribution < -0.4 is 5.32 Å². The highest BCUT2D eigenvalue weighted by Crippen LogP contribution is 2.32. The molecular formula is C17H34N2. The van der Waals surface area contributed by atoms with E-state index >= 15 is 0 Å². The van der Waals surface area contributed by atoms with Crippen molar-refractivity contribution in [3.63, 3.8) is 0 Å². The number of nitrogens with zero attached hydrogens (tertiary/aromatic N) is 1. The average molecular weight is 266 g/mol. The molecule has 112 valence electrons. The fraction of sp³-hybridized carbons (Fsp3) is 1.00. The van der Waals surface area contributed by atoms with Crippen molar-refractivity contribution in [3.05, 3.63) is 0 Å². The first-order chi connectivity index (χ1) is 9.26. The van der Waals surface area contributed by atoms with Crippen LogP contribution in [0.25, 0.3) is 0 Å². The molecule has 2 heteroatoms. The fourth-order valence-corrected chi connectivity index (χ4v) is 3.97. The number of unbranched alkanes of at least 4 members (excludes halogenated alkanes) is 3. The minimum absolute atomic E-state index is 0.480. The van der Waals surface area contributed by atoms with Crippen molar-refractivity contribution in [3.8, 4) is 0 Å². The lowest BCUT2D eigenvalue weighted by Gasteiger charge is -2.36. The van der Waals surface area contributed by atoms with Gasteiger partial charge in [0.1, 0.15) is 0 Å². The maximum Gasteiger partial charge on any atom is 0.0308 e. The van der Waals surface area contributed by atoms with E-state index in [-0.39, 0.29) is 0 Å². The Kier molecular flexibility index (Phi) is 6.15. The lowest BCUT2D eigenvalue weighted by atomic mass is 9.96. The summed E-state index contributed by atoms with van der Waals surface area (Å²) in [5, 5.41) is 3.88. The van der Waals surface area contributed by atoms with E-state index in [9.17, 15) is 0 Å². The first-order valence-electron chi connectivity index (χ1n) is 8.75. The maximum absolute atomic E-state index is 3.88. The molecular weight excluding hydrogens is 232 g/mol. The van der Waals surface area contributed by atoms with E-state index in [4.69, 9.17) is 0 Å². The Morgan fingerprint density at radius 3 is 2.63 bits per heavy atom. The molecule has 2 fully saturated rings. The molecule has 1 saturated heterocycles. The van der Waals surface area contributed by atoms with Crippen LogP contribution in [-0.4, -0.2) is 36.1 Å². The molecule has 0 bridgehead atoms. The van der Waals surface area contributed by atoms with Crippen LogP contribution in [0.3, 0.4) is 0 Å². The highest BCUT2D eigenvalue weighted by molar-refractivity contribution is 4.97. The number of rotatable bonds is 6. The molecule has 1 aliphatic carbocycles. The van der Waals surface area contributed by atoms with Gasteiger partial charge in [-0.3, -0.25) is 4.90 Å². The largest absolute Gasteiger partial charge is 0.310 e. The van der Waals surface area contributed by atoms with Crippen molar-refractivity contribution in [2.45, 2.75) is 89.6 Å². The zero-order chi connectivity index (χ0) is 13.6. The van der Waals surface area contributed by atoms with Crippen molar-refractivity contribution < 1.29 is 0 Å². The minimum atomic E-state index is 0.480. The van der Waals surface area contributed by atoms with Gasteiger partial charge in [-0.15, -0.1) is 0 Å². The van der Waals surface area contributed by atoms with E-state index in [1.54, 1.807) is 0 Å². The molecule has 0 amide bonds. The Bertz CT molecular complexity index is 246. The smallest absolute Gasteiger partial charge is 0.0308 e. The monoisotopic (exact) mass is 266 g/mol. The second-order valence-corrected chi connectivity index (χ2v) is 6.94. The zero-order valence-electron chi connectivity index (χ0n) is 13.2. The summed E-state index contributed by atoms with van der Waals surface area (Å²) in [5.41, 5.74) is 0.480. The molecule has 1 N–H and O–H groups in total. The topological polar surface area (TPSA) is 15.3 Å². The van der Waals surface area contributed by atoms with Crippen molar-refractivity contribution in [2.75, 3.05) is 19.6 Å². The SMILES string of the molecule is CCCCCCC(C)N1CCCNC2(CCCC2)C1. The summed E-state index contributed by atoms with van der Waals surface area (Å²) >= 11 is 0. The molecule has 0 aromatic carbocycles. The van der Waals surface area contributed by atoms with E-state index in [2.05, 4.69) is 24.1 Å². The molecule has 1 saturated carbocycles. The first-order valence-corrected chi connectivity index (χ1v) is 8.75. The van der Waals surface area contributed by atoms with E-state index in [1.165, 1.54) is 83.8 Å². The van der Waals surface area contributed by atoms with Gasteiger partial charge < -0.3 is 5.32 Å². The van der Waals surface area contributed by atoms with Crippen LogP contribution in [0.4, 0.5) is 0 Å². The Balaban J connectivity index is 1.80. The molecule has 2 nitrogen and oxygen atoms in total. The van der Waals surface area contributed by atoms with Crippen LogP contribution in [0.5, 0.6) is 0 Å². The summed E-state index contributed by atoms with van der Waals surface area (Å²) in [6.45, 7) is 8.61. The molecule has 2 rings (SSSR count). The van der Waals surface area contributed by atoms with Gasteiger partial charge in [0.25, 0.3) is 0 Å². The van der Waals surface area contributed by atoms with Gasteiger partial charge in [-0.2, -0.15) is 0 Å². The van der Waals surface area contributed by atoms with Crippen LogP contribution in [0, 0.1) is 0 Å². The molecule has 1 spiro atoms. The van der Waals surface area contributed by atoms with E-state index < -0.39 is 0 Å². The second kappa shape index (κ2) is 7.64. The van der Waals surface area contributed by atoms with Crippen molar-refractivity contribution in [1.82, 2.24) is 10.2 Å². The molecule has 1 atom stereocenters. The Morgan fingerprint density at radius 2 is 1.89 bits per heavy atom. The number of nitrogens with one attached hydrogen (secondary N) is 1. The van der Waals surface area contributed by atoms with Gasteiger partial charge in [-0.05, 0) is 45.7 Å². The molecule has 2 aliphatic rings. The number of hydrogen-bond donors (Lipinski definition) is 1. The summed E-state index contributed by atoms with van der Waals surface area (Å²) < 4.78 is 0. The Morgan fingerprint density at radius 1 is 1.11 bits per heavy atom. The number of hydrogen-bond acceptors (Lipinski definition) is 2. The van der Waals surface area contributed by atoms with Crippen molar-refractivity contribution in [2.24, 2.45) is 0 Å². The quantitative estimate of drug-likeness (QED) is 0.732. The van der Waals surface area contributed by atoms with E-state index in [0.29, 0.717) is 5.54 Å². The van der Waals surface area contributed by atoms with E-state index in [1.807, 2.05) is 0 Å². The lowest BCUT2D eigenvalue weighted by Crippen LogP contribution is -2.51. The van der Waals surface area contributed by atoms with Gasteiger partial charge in [0.15, 0.2) is 0 Å². The lowest BCUT2D eigenvalue weighted by molar-refractivity contribution is 0.156. The van der Waals surface area contributed by atoms with Crippen LogP contribution in [0.2, 0.25) is 0 Å². The molecule has 1 aliphatic heterocycles. The molecule has 19 heavy (non-hydrogen) atoms. The second-order valence-electron chi connectivity index (χ2n) is 6.94. The predicted molar refractivity (Wildman–Crippen MR) is 83.6 cm³/mol. The highest BCUT2D eigenvalue weighted by atomic mass is 15.2. The third kappa shape index (κ3) is 4.46. The van der Waals surface area contributed by atoms with Crippen LogP contribution in [-0.2, 0) is 0 Å². The molecule has 1 unspecified atom stereocenters. The van der Waals surface area contributed by atoms with Crippen LogP contribution in [0.1, 0.15) is 78.1 Å². The fourth-order valence-electron chi connectivity index (χ4n) is 3.97. The zero-order valence-corrected chi connectivity index (χ0v) is 13.2. The highest BCUT2D eigenvalue weighted by Gasteiger charge is 2.37. The van der Waals surface area contributed by atoms with Gasteiger partial charge in [0.2, 0.25) is 0 Å². The first kappa shape index (κ1) is 15.3. The van der Waals surface area contributed by atoms with Gasteiger partial charge in [-0.25, -0.2) is 0 Å². The maximum atomic E-state index is 3.88. The van der Waals surface area contributed by atoms with Gasteiger partial charge in [-0.1, -0.05) is 45.4 Å². The predicted octanol–water partition coefficient (Wildman–Crippen LogP) is 3.95. The average Bonchev–Trinajstić information content (AvgIpc) is 2.75. The molecule has 0 aromatic heterocycles.